The third-order valence-corrected chi connectivity index (χ3v) is 5.73. The quantitative estimate of drug-likeness (QED) is 0.175. The van der Waals surface area contributed by atoms with Gasteiger partial charge in [0.25, 0.3) is 17.6 Å². The number of nitrogens with two attached hydrogens (primary N) is 1. The zero-order valence-corrected chi connectivity index (χ0v) is 21.7. The lowest BCUT2D eigenvalue weighted by Crippen LogP contribution is -2.31. The van der Waals surface area contributed by atoms with Crippen LogP contribution in [0.15, 0.2) is 60.4 Å². The molecule has 0 atom stereocenters. The van der Waals surface area contributed by atoms with Crippen molar-refractivity contribution in [2.45, 2.75) is 12.7 Å². The number of amides is 2. The van der Waals surface area contributed by atoms with Crippen LogP contribution >= 0.6 is 11.6 Å². The maximum Gasteiger partial charge on any atom is 0.490 e. The molecule has 0 unspecified atom stereocenters. The normalized spacial score (nSPS) is 12.6. The highest BCUT2D eigenvalue weighted by Gasteiger charge is 2.38. The van der Waals surface area contributed by atoms with Gasteiger partial charge in [-0.05, 0) is 29.8 Å². The molecule has 11 nitrogen and oxygen atoms in total. The Balaban J connectivity index is 0.000000587. The fourth-order valence-corrected chi connectivity index (χ4v) is 3.81. The molecule has 0 saturated carbocycles. The number of hydrogen-bond acceptors (Lipinski definition) is 7. The van der Waals surface area contributed by atoms with E-state index < -0.39 is 35.7 Å². The first kappa shape index (κ1) is 30.8. The number of cyclic esters (lactones) is 1. The fourth-order valence-electron chi connectivity index (χ4n) is 3.68. The van der Waals surface area contributed by atoms with Crippen molar-refractivity contribution in [3.63, 3.8) is 0 Å². The molecule has 2 aromatic carbocycles. The monoisotopic (exact) mass is 594 g/mol. The van der Waals surface area contributed by atoms with Crippen LogP contribution in [-0.4, -0.2) is 65.1 Å². The zero-order chi connectivity index (χ0) is 30.3. The summed E-state index contributed by atoms with van der Waals surface area (Å²) in [5.41, 5.74) is 7.51. The van der Waals surface area contributed by atoms with E-state index in [0.29, 0.717) is 22.5 Å². The molecule has 0 aliphatic carbocycles. The lowest BCUT2D eigenvalue weighted by Gasteiger charge is -2.09. The average molecular weight is 595 g/mol. The number of ketones is 1. The van der Waals surface area contributed by atoms with Gasteiger partial charge in [0.15, 0.2) is 0 Å². The summed E-state index contributed by atoms with van der Waals surface area (Å²) in [6.45, 7) is 0.767. The number of nitrogens with one attached hydrogen (secondary N) is 2. The molecule has 0 saturated heterocycles. The molecule has 2 amide bonds. The van der Waals surface area contributed by atoms with Crippen LogP contribution in [0.3, 0.4) is 0 Å². The summed E-state index contributed by atoms with van der Waals surface area (Å²) < 4.78 is 38.3. The molecule has 0 bridgehead atoms. The van der Waals surface area contributed by atoms with E-state index in [9.17, 15) is 32.3 Å². The Morgan fingerprint density at radius 2 is 1.73 bits per heavy atom. The summed E-state index contributed by atoms with van der Waals surface area (Å²) in [7, 11) is 0. The highest BCUT2D eigenvalue weighted by Crippen LogP contribution is 2.27. The van der Waals surface area contributed by atoms with Crippen molar-refractivity contribution in [2.75, 3.05) is 19.7 Å². The molecule has 2 heterocycles. The van der Waals surface area contributed by atoms with Crippen LogP contribution in [0.1, 0.15) is 26.3 Å². The second-order valence-corrected chi connectivity index (χ2v) is 8.84. The minimum Gasteiger partial charge on any atom is -0.475 e. The van der Waals surface area contributed by atoms with E-state index in [1.54, 1.807) is 41.1 Å². The molecular weight excluding hydrogens is 573 g/mol. The summed E-state index contributed by atoms with van der Waals surface area (Å²) in [5.74, 6) is -5.55. The van der Waals surface area contributed by atoms with E-state index >= 15 is 0 Å². The third-order valence-electron chi connectivity index (χ3n) is 5.48. The number of fused-ring (bicyclic) bond motifs is 1. The maximum absolute atomic E-state index is 13.2. The number of esters is 1. The largest absolute Gasteiger partial charge is 0.490 e. The molecule has 1 aliphatic heterocycles. The van der Waals surface area contributed by atoms with Gasteiger partial charge in [-0.2, -0.15) is 13.2 Å². The van der Waals surface area contributed by atoms with E-state index in [1.807, 2.05) is 12.1 Å². The second kappa shape index (κ2) is 13.1. The molecule has 0 fully saturated rings. The van der Waals surface area contributed by atoms with Crippen LogP contribution in [0.5, 0.6) is 0 Å². The molecule has 1 aromatic heterocycles. The van der Waals surface area contributed by atoms with Gasteiger partial charge in [0.1, 0.15) is 6.61 Å². The molecule has 216 valence electrons. The predicted octanol–water partition coefficient (Wildman–Crippen LogP) is 2.40. The average Bonchev–Trinajstić information content (AvgIpc) is 3.50. The molecule has 4 rings (SSSR count). The maximum atomic E-state index is 13.2. The van der Waals surface area contributed by atoms with Crippen LogP contribution < -0.4 is 16.4 Å². The van der Waals surface area contributed by atoms with Crippen molar-refractivity contribution >= 4 is 52.0 Å². The summed E-state index contributed by atoms with van der Waals surface area (Å²) >= 11 is 5.98. The van der Waals surface area contributed by atoms with E-state index in [2.05, 4.69) is 10.6 Å². The number of halogens is 4. The highest BCUT2D eigenvalue weighted by atomic mass is 35.5. The Labute approximate surface area is 234 Å². The van der Waals surface area contributed by atoms with E-state index in [-0.39, 0.29) is 36.5 Å². The van der Waals surface area contributed by atoms with E-state index in [1.165, 1.54) is 0 Å². The number of carbonyl (C=O) groups excluding carboxylic acids is 4. The van der Waals surface area contributed by atoms with Crippen LogP contribution in [0.2, 0.25) is 5.02 Å². The molecule has 41 heavy (non-hydrogen) atoms. The number of carbonyl (C=O) groups is 5. The Morgan fingerprint density at radius 1 is 1.07 bits per heavy atom. The number of carboxylic acid groups (broad SMARTS) is 1. The minimum atomic E-state index is -5.08. The number of hydrogen-bond donors (Lipinski definition) is 4. The lowest BCUT2D eigenvalue weighted by atomic mass is 10.0. The van der Waals surface area contributed by atoms with Crippen molar-refractivity contribution in [2.24, 2.45) is 5.73 Å². The number of nitrogens with zero attached hydrogens (tertiary/aromatic N) is 1. The van der Waals surface area contributed by atoms with Gasteiger partial charge in [-0.1, -0.05) is 29.8 Å². The van der Waals surface area contributed by atoms with Crippen LogP contribution in [0.4, 0.5) is 13.2 Å². The SMILES string of the molecule is NCCNC(=O)c1cccc2c1c(C(=O)C(=O)NC1=CC(=O)OC1)cn2Cc1ccc(Cl)cc1.O=C(O)C(F)(F)F. The van der Waals surface area contributed by atoms with Crippen LogP contribution in [0, 0.1) is 0 Å². The smallest absolute Gasteiger partial charge is 0.475 e. The third kappa shape index (κ3) is 7.93. The molecule has 5 N–H and O–H groups in total. The van der Waals surface area contributed by atoms with Crippen LogP contribution in [0.25, 0.3) is 10.9 Å². The first-order valence-electron chi connectivity index (χ1n) is 11.7. The van der Waals surface area contributed by atoms with Crippen molar-refractivity contribution in [3.8, 4) is 0 Å². The Hall–Kier alpha value is -4.69. The number of rotatable bonds is 8. The van der Waals surface area contributed by atoms with Crippen molar-refractivity contribution in [3.05, 3.63) is 82.1 Å². The standard InChI is InChI=1S/C24H21ClN4O5.C2HF3O2/c25-15-6-4-14(5-7-15)11-29-12-18(22(31)24(33)28-16-10-20(30)34-13-16)21-17(2-1-3-19(21)29)23(32)27-9-8-26;3-2(4,5)1(6)7/h1-7,10,12H,8-9,11,13,26H2,(H,27,32)(H,28,33);(H,6,7). The van der Waals surface area contributed by atoms with Gasteiger partial charge in [-0.15, -0.1) is 0 Å². The highest BCUT2D eigenvalue weighted by molar-refractivity contribution is 6.45. The van der Waals surface area contributed by atoms with Gasteiger partial charge in [0.2, 0.25) is 0 Å². The van der Waals surface area contributed by atoms with E-state index in [0.717, 1.165) is 11.6 Å². The molecule has 0 spiro atoms. The first-order chi connectivity index (χ1) is 19.3. The number of carboxylic acids is 1. The van der Waals surface area contributed by atoms with E-state index in [4.69, 9.17) is 32.0 Å². The number of ether oxygens (including phenoxy) is 1. The van der Waals surface area contributed by atoms with Gasteiger partial charge < -0.3 is 30.8 Å². The predicted molar refractivity (Wildman–Crippen MR) is 139 cm³/mol. The van der Waals surface area contributed by atoms with Gasteiger partial charge in [0.05, 0.1) is 11.3 Å². The van der Waals surface area contributed by atoms with Gasteiger partial charge in [0, 0.05) is 53.4 Å². The minimum absolute atomic E-state index is 0.0609. The molecule has 3 aromatic rings. The molecule has 15 heteroatoms. The van der Waals surface area contributed by atoms with Gasteiger partial charge in [-0.3, -0.25) is 14.4 Å². The van der Waals surface area contributed by atoms with Crippen molar-refractivity contribution < 1.29 is 47.0 Å². The van der Waals surface area contributed by atoms with Crippen molar-refractivity contribution in [1.29, 1.82) is 0 Å². The molecule has 1 aliphatic rings. The van der Waals surface area contributed by atoms with Crippen molar-refractivity contribution in [1.82, 2.24) is 15.2 Å². The number of benzene rings is 2. The van der Waals surface area contributed by atoms with Crippen LogP contribution in [-0.2, 0) is 25.7 Å². The fraction of sp³-hybridized carbons (Fsp3) is 0.192. The number of aromatic nitrogens is 1. The summed E-state index contributed by atoms with van der Waals surface area (Å²) in [5, 5.41) is 13.2. The number of Topliss-reactive ketones (excluding diaryl/α,β-unsaturated/α-hetero) is 1. The Kier molecular flexibility index (Phi) is 9.86. The lowest BCUT2D eigenvalue weighted by molar-refractivity contribution is -0.192. The zero-order valence-electron chi connectivity index (χ0n) is 21.0. The Morgan fingerprint density at radius 3 is 2.29 bits per heavy atom. The summed E-state index contributed by atoms with van der Waals surface area (Å²) in [4.78, 5) is 58.8. The van der Waals surface area contributed by atoms with Gasteiger partial charge in [-0.25, -0.2) is 9.59 Å². The molecular formula is C26H22ClF3N4O7. The summed E-state index contributed by atoms with van der Waals surface area (Å²) in [6.07, 6.45) is -2.42. The topological polar surface area (TPSA) is 170 Å². The number of aliphatic carboxylic acids is 1. The second-order valence-electron chi connectivity index (χ2n) is 8.40. The Bertz CT molecular complexity index is 1530. The number of alkyl halides is 3. The van der Waals surface area contributed by atoms with Gasteiger partial charge >= 0.3 is 18.1 Å². The summed E-state index contributed by atoms with van der Waals surface area (Å²) in [6, 6.07) is 12.3. The first-order valence-corrected chi connectivity index (χ1v) is 12.1. The molecule has 0 radical (unpaired) electrons.